The zero-order valence-corrected chi connectivity index (χ0v) is 10.0. The van der Waals surface area contributed by atoms with Gasteiger partial charge in [0.2, 0.25) is 0 Å². The van der Waals surface area contributed by atoms with Crippen LogP contribution in [0.2, 0.25) is 0 Å². The molecule has 0 fully saturated rings. The first kappa shape index (κ1) is 10.5. The lowest BCUT2D eigenvalue weighted by Crippen LogP contribution is -2.18. The van der Waals surface area contributed by atoms with Gasteiger partial charge in [0.1, 0.15) is 0 Å². The van der Waals surface area contributed by atoms with Crippen molar-refractivity contribution >= 4 is 0 Å². The second-order valence-electron chi connectivity index (χ2n) is 4.78. The van der Waals surface area contributed by atoms with Crippen LogP contribution in [0.1, 0.15) is 34.7 Å². The molecule has 0 radical (unpaired) electrons. The summed E-state index contributed by atoms with van der Waals surface area (Å²) in [6, 6.07) is 7.29. The van der Waals surface area contributed by atoms with Crippen LogP contribution in [0.5, 0.6) is 0 Å². The number of nitrogens with zero attached hydrogens (tertiary/aromatic N) is 1. The van der Waals surface area contributed by atoms with Crippen molar-refractivity contribution in [3.8, 4) is 0 Å². The minimum absolute atomic E-state index is 0.500. The van der Waals surface area contributed by atoms with Gasteiger partial charge in [-0.2, -0.15) is 5.10 Å². The van der Waals surface area contributed by atoms with Gasteiger partial charge in [-0.1, -0.05) is 23.8 Å². The molecule has 17 heavy (non-hydrogen) atoms. The fraction of sp³-hybridized carbons (Fsp3) is 0.357. The van der Waals surface area contributed by atoms with E-state index in [1.807, 2.05) is 12.4 Å². The molecule has 3 rings (SSSR count). The maximum absolute atomic E-state index is 3.96. The fourth-order valence-corrected chi connectivity index (χ4v) is 2.55. The monoisotopic (exact) mass is 227 g/mol. The van der Waals surface area contributed by atoms with E-state index < -0.39 is 0 Å². The first-order valence-corrected chi connectivity index (χ1v) is 6.13. The average molecular weight is 227 g/mol. The topological polar surface area (TPSA) is 40.7 Å². The Morgan fingerprint density at radius 3 is 3.24 bits per heavy atom. The smallest absolute Gasteiger partial charge is 0.0532 e. The highest BCUT2D eigenvalue weighted by atomic mass is 15.1. The molecule has 0 saturated carbocycles. The van der Waals surface area contributed by atoms with Gasteiger partial charge >= 0.3 is 0 Å². The molecule has 88 valence electrons. The molecule has 0 aliphatic heterocycles. The molecular weight excluding hydrogens is 210 g/mol. The maximum atomic E-state index is 3.96. The second-order valence-corrected chi connectivity index (χ2v) is 4.78. The van der Waals surface area contributed by atoms with Gasteiger partial charge in [0, 0.05) is 24.3 Å². The molecule has 0 spiro atoms. The van der Waals surface area contributed by atoms with Gasteiger partial charge in [-0.15, -0.1) is 0 Å². The highest BCUT2D eigenvalue weighted by molar-refractivity contribution is 5.37. The summed E-state index contributed by atoms with van der Waals surface area (Å²) in [6.07, 6.45) is 6.22. The Morgan fingerprint density at radius 1 is 1.47 bits per heavy atom. The standard InChI is InChI=1S/C14H17N3/c1-10-2-3-12-4-5-14(13(12)6-10)15-7-11-8-16-17-9-11/h2-3,6,8-9,14-15H,4-5,7H2,1H3,(H,16,17). The summed E-state index contributed by atoms with van der Waals surface area (Å²) in [5.41, 5.74) is 5.54. The van der Waals surface area contributed by atoms with Gasteiger partial charge in [0.05, 0.1) is 6.20 Å². The number of hydrogen-bond donors (Lipinski definition) is 2. The minimum atomic E-state index is 0.500. The van der Waals surface area contributed by atoms with Crippen molar-refractivity contribution < 1.29 is 0 Å². The zero-order valence-electron chi connectivity index (χ0n) is 10.0. The van der Waals surface area contributed by atoms with Crippen LogP contribution in [-0.2, 0) is 13.0 Å². The van der Waals surface area contributed by atoms with Crippen molar-refractivity contribution in [2.24, 2.45) is 0 Å². The average Bonchev–Trinajstić information content (AvgIpc) is 2.94. The van der Waals surface area contributed by atoms with Crippen molar-refractivity contribution in [2.45, 2.75) is 32.4 Å². The Balaban J connectivity index is 1.73. The third kappa shape index (κ3) is 2.11. The van der Waals surface area contributed by atoms with E-state index in [1.165, 1.54) is 35.1 Å². The molecule has 0 bridgehead atoms. The highest BCUT2D eigenvalue weighted by Gasteiger charge is 2.21. The van der Waals surface area contributed by atoms with Crippen LogP contribution in [0.4, 0.5) is 0 Å². The summed E-state index contributed by atoms with van der Waals surface area (Å²) in [6.45, 7) is 3.04. The second kappa shape index (κ2) is 4.34. The first-order valence-electron chi connectivity index (χ1n) is 6.13. The summed E-state index contributed by atoms with van der Waals surface area (Å²) in [5, 5.41) is 10.4. The van der Waals surface area contributed by atoms with E-state index in [1.54, 1.807) is 0 Å². The molecule has 0 saturated heterocycles. The molecule has 1 aliphatic carbocycles. The molecule has 1 unspecified atom stereocenters. The highest BCUT2D eigenvalue weighted by Crippen LogP contribution is 2.31. The van der Waals surface area contributed by atoms with Gasteiger partial charge < -0.3 is 5.32 Å². The fourth-order valence-electron chi connectivity index (χ4n) is 2.55. The zero-order chi connectivity index (χ0) is 11.7. The van der Waals surface area contributed by atoms with Gasteiger partial charge in [0.25, 0.3) is 0 Å². The third-order valence-electron chi connectivity index (χ3n) is 3.49. The number of benzene rings is 1. The van der Waals surface area contributed by atoms with E-state index in [9.17, 15) is 0 Å². The summed E-state index contributed by atoms with van der Waals surface area (Å²) in [5.74, 6) is 0. The number of hydrogen-bond acceptors (Lipinski definition) is 2. The van der Waals surface area contributed by atoms with E-state index in [0.717, 1.165) is 6.54 Å². The summed E-state index contributed by atoms with van der Waals surface area (Å²) >= 11 is 0. The number of aryl methyl sites for hydroxylation is 2. The normalized spacial score (nSPS) is 18.3. The van der Waals surface area contributed by atoms with Gasteiger partial charge in [-0.3, -0.25) is 5.10 Å². The quantitative estimate of drug-likeness (QED) is 0.845. The molecule has 2 N–H and O–H groups in total. The number of H-pyrrole nitrogens is 1. The van der Waals surface area contributed by atoms with Crippen molar-refractivity contribution in [1.82, 2.24) is 15.5 Å². The Morgan fingerprint density at radius 2 is 2.41 bits per heavy atom. The Labute approximate surface area is 101 Å². The predicted molar refractivity (Wildman–Crippen MR) is 67.7 cm³/mol. The molecule has 1 heterocycles. The molecule has 3 heteroatoms. The maximum Gasteiger partial charge on any atom is 0.0532 e. The summed E-state index contributed by atoms with van der Waals surface area (Å²) < 4.78 is 0. The van der Waals surface area contributed by atoms with E-state index in [4.69, 9.17) is 0 Å². The molecule has 1 aliphatic rings. The Bertz CT molecular complexity index is 502. The molecule has 1 aromatic heterocycles. The number of rotatable bonds is 3. The van der Waals surface area contributed by atoms with Gasteiger partial charge in [-0.05, 0) is 30.9 Å². The molecular formula is C14H17N3. The van der Waals surface area contributed by atoms with Crippen molar-refractivity contribution in [3.05, 3.63) is 52.8 Å². The minimum Gasteiger partial charge on any atom is -0.306 e. The largest absolute Gasteiger partial charge is 0.306 e. The van der Waals surface area contributed by atoms with Crippen LogP contribution in [0.3, 0.4) is 0 Å². The van der Waals surface area contributed by atoms with Crippen LogP contribution in [-0.4, -0.2) is 10.2 Å². The number of nitrogens with one attached hydrogen (secondary N) is 2. The van der Waals surface area contributed by atoms with Crippen LogP contribution in [0, 0.1) is 6.92 Å². The third-order valence-corrected chi connectivity index (χ3v) is 3.49. The lowest BCUT2D eigenvalue weighted by atomic mass is 10.0. The van der Waals surface area contributed by atoms with Crippen LogP contribution in [0.15, 0.2) is 30.6 Å². The van der Waals surface area contributed by atoms with Crippen molar-refractivity contribution in [1.29, 1.82) is 0 Å². The number of aromatic amines is 1. The summed E-state index contributed by atoms with van der Waals surface area (Å²) in [7, 11) is 0. The molecule has 0 amide bonds. The van der Waals surface area contributed by atoms with Gasteiger partial charge in [-0.25, -0.2) is 0 Å². The van der Waals surface area contributed by atoms with Crippen LogP contribution >= 0.6 is 0 Å². The van der Waals surface area contributed by atoms with Crippen LogP contribution < -0.4 is 5.32 Å². The number of aromatic nitrogens is 2. The van der Waals surface area contributed by atoms with E-state index in [-0.39, 0.29) is 0 Å². The molecule has 1 aromatic carbocycles. The molecule has 1 atom stereocenters. The molecule has 2 aromatic rings. The van der Waals surface area contributed by atoms with Crippen molar-refractivity contribution in [3.63, 3.8) is 0 Å². The summed E-state index contributed by atoms with van der Waals surface area (Å²) in [4.78, 5) is 0. The Hall–Kier alpha value is -1.61. The first-order chi connectivity index (χ1) is 8.33. The van der Waals surface area contributed by atoms with E-state index in [2.05, 4.69) is 40.6 Å². The Kier molecular flexibility index (Phi) is 2.69. The molecule has 3 nitrogen and oxygen atoms in total. The number of fused-ring (bicyclic) bond motifs is 1. The van der Waals surface area contributed by atoms with E-state index >= 15 is 0 Å². The lowest BCUT2D eigenvalue weighted by Gasteiger charge is -2.13. The van der Waals surface area contributed by atoms with E-state index in [0.29, 0.717) is 6.04 Å². The van der Waals surface area contributed by atoms with Gasteiger partial charge in [0.15, 0.2) is 0 Å². The van der Waals surface area contributed by atoms with Crippen LogP contribution in [0.25, 0.3) is 0 Å². The lowest BCUT2D eigenvalue weighted by molar-refractivity contribution is 0.530. The predicted octanol–water partition coefficient (Wildman–Crippen LogP) is 2.50. The SMILES string of the molecule is Cc1ccc2c(c1)C(NCc1cn[nH]c1)CC2. The van der Waals surface area contributed by atoms with Crippen molar-refractivity contribution in [2.75, 3.05) is 0 Å².